The van der Waals surface area contributed by atoms with Crippen molar-refractivity contribution in [1.82, 2.24) is 4.98 Å². The number of fused-ring (bicyclic) bond motifs is 1. The molecule has 18 heavy (non-hydrogen) atoms. The van der Waals surface area contributed by atoms with Crippen molar-refractivity contribution in [3.63, 3.8) is 0 Å². The van der Waals surface area contributed by atoms with Gasteiger partial charge in [0.2, 0.25) is 0 Å². The van der Waals surface area contributed by atoms with Crippen molar-refractivity contribution in [3.8, 4) is 0 Å². The zero-order chi connectivity index (χ0) is 12.5. The number of pyridine rings is 1. The standard InChI is InChI=1S/C15H13NO2/c1-10-7-13(9-18-10)15(17)12-4-5-14-11(8-12)3-2-6-16-14/h2-9,15,17H,1H3. The Hall–Kier alpha value is -2.13. The molecule has 0 saturated heterocycles. The van der Waals surface area contributed by atoms with E-state index in [1.807, 2.05) is 43.3 Å². The number of aliphatic hydroxyl groups is 1. The molecule has 0 aliphatic rings. The first-order valence-corrected chi connectivity index (χ1v) is 5.82. The van der Waals surface area contributed by atoms with Gasteiger partial charge in [-0.1, -0.05) is 12.1 Å². The van der Waals surface area contributed by atoms with Crippen molar-refractivity contribution in [2.45, 2.75) is 13.0 Å². The summed E-state index contributed by atoms with van der Waals surface area (Å²) in [6, 6.07) is 11.5. The number of aliphatic hydroxyl groups excluding tert-OH is 1. The third-order valence-corrected chi connectivity index (χ3v) is 3.01. The summed E-state index contributed by atoms with van der Waals surface area (Å²) < 4.78 is 5.22. The normalized spacial score (nSPS) is 12.8. The fourth-order valence-corrected chi connectivity index (χ4v) is 2.06. The van der Waals surface area contributed by atoms with Crippen LogP contribution >= 0.6 is 0 Å². The maximum Gasteiger partial charge on any atom is 0.107 e. The Kier molecular flexibility index (Phi) is 2.61. The Morgan fingerprint density at radius 1 is 1.17 bits per heavy atom. The molecule has 0 aliphatic heterocycles. The fraction of sp³-hybridized carbons (Fsp3) is 0.133. The predicted octanol–water partition coefficient (Wildman–Crippen LogP) is 3.22. The average molecular weight is 239 g/mol. The van der Waals surface area contributed by atoms with E-state index in [-0.39, 0.29) is 0 Å². The summed E-state index contributed by atoms with van der Waals surface area (Å²) in [5.41, 5.74) is 2.55. The smallest absolute Gasteiger partial charge is 0.107 e. The summed E-state index contributed by atoms with van der Waals surface area (Å²) in [6.07, 6.45) is 2.69. The highest BCUT2D eigenvalue weighted by atomic mass is 16.3. The molecule has 0 saturated carbocycles. The lowest BCUT2D eigenvalue weighted by atomic mass is 10.0. The molecule has 0 spiro atoms. The minimum absolute atomic E-state index is 0.660. The van der Waals surface area contributed by atoms with Gasteiger partial charge >= 0.3 is 0 Å². The van der Waals surface area contributed by atoms with Crippen LogP contribution in [0.15, 0.2) is 53.3 Å². The van der Waals surface area contributed by atoms with E-state index >= 15 is 0 Å². The lowest BCUT2D eigenvalue weighted by molar-refractivity contribution is 0.219. The maximum atomic E-state index is 10.3. The molecule has 0 fully saturated rings. The van der Waals surface area contributed by atoms with Gasteiger partial charge in [-0.25, -0.2) is 0 Å². The third-order valence-electron chi connectivity index (χ3n) is 3.01. The molecule has 1 N–H and O–H groups in total. The van der Waals surface area contributed by atoms with E-state index in [0.717, 1.165) is 27.8 Å². The van der Waals surface area contributed by atoms with Gasteiger partial charge in [-0.15, -0.1) is 0 Å². The second-order valence-corrected chi connectivity index (χ2v) is 4.35. The van der Waals surface area contributed by atoms with E-state index < -0.39 is 6.10 Å². The molecule has 3 nitrogen and oxygen atoms in total. The van der Waals surface area contributed by atoms with Crippen molar-refractivity contribution < 1.29 is 9.52 Å². The van der Waals surface area contributed by atoms with Crippen LogP contribution in [-0.2, 0) is 0 Å². The quantitative estimate of drug-likeness (QED) is 0.746. The van der Waals surface area contributed by atoms with E-state index in [1.165, 1.54) is 0 Å². The van der Waals surface area contributed by atoms with Crippen LogP contribution in [0.25, 0.3) is 10.9 Å². The molecule has 3 heteroatoms. The van der Waals surface area contributed by atoms with Gasteiger partial charge in [0.1, 0.15) is 11.9 Å². The number of furan rings is 1. The van der Waals surface area contributed by atoms with Crippen LogP contribution in [0.2, 0.25) is 0 Å². The first-order chi connectivity index (χ1) is 8.74. The second kappa shape index (κ2) is 4.27. The summed E-state index contributed by atoms with van der Waals surface area (Å²) in [5.74, 6) is 0.798. The Bertz CT molecular complexity index is 688. The molecule has 2 heterocycles. The molecule has 1 atom stereocenters. The molecular formula is C15H13NO2. The predicted molar refractivity (Wildman–Crippen MR) is 69.2 cm³/mol. The topological polar surface area (TPSA) is 46.3 Å². The third kappa shape index (κ3) is 1.89. The molecule has 0 amide bonds. The van der Waals surface area contributed by atoms with E-state index in [2.05, 4.69) is 4.98 Å². The molecule has 0 bridgehead atoms. The zero-order valence-corrected chi connectivity index (χ0v) is 10.00. The zero-order valence-electron chi connectivity index (χ0n) is 10.00. The van der Waals surface area contributed by atoms with Gasteiger partial charge in [0.05, 0.1) is 11.8 Å². The van der Waals surface area contributed by atoms with Gasteiger partial charge in [-0.3, -0.25) is 4.98 Å². The largest absolute Gasteiger partial charge is 0.469 e. The molecule has 1 unspecified atom stereocenters. The lowest BCUT2D eigenvalue weighted by Gasteiger charge is -2.09. The minimum Gasteiger partial charge on any atom is -0.469 e. The molecular weight excluding hydrogens is 226 g/mol. The average Bonchev–Trinajstić information content (AvgIpc) is 2.84. The van der Waals surface area contributed by atoms with Gasteiger partial charge in [0, 0.05) is 17.1 Å². The van der Waals surface area contributed by atoms with Crippen molar-refractivity contribution >= 4 is 10.9 Å². The Labute approximate surface area is 105 Å². The highest BCUT2D eigenvalue weighted by molar-refractivity contribution is 5.79. The van der Waals surface area contributed by atoms with Gasteiger partial charge in [0.15, 0.2) is 0 Å². The van der Waals surface area contributed by atoms with Crippen LogP contribution in [-0.4, -0.2) is 10.1 Å². The SMILES string of the molecule is Cc1cc(C(O)c2ccc3ncccc3c2)co1. The molecule has 1 aromatic carbocycles. The first kappa shape index (κ1) is 11.0. The molecule has 0 radical (unpaired) electrons. The van der Waals surface area contributed by atoms with Crippen molar-refractivity contribution in [1.29, 1.82) is 0 Å². The van der Waals surface area contributed by atoms with E-state index in [0.29, 0.717) is 0 Å². The number of aromatic nitrogens is 1. The van der Waals surface area contributed by atoms with Gasteiger partial charge in [0.25, 0.3) is 0 Å². The number of hydrogen-bond acceptors (Lipinski definition) is 3. The Balaban J connectivity index is 2.03. The maximum absolute atomic E-state index is 10.3. The fourth-order valence-electron chi connectivity index (χ4n) is 2.06. The Morgan fingerprint density at radius 2 is 2.06 bits per heavy atom. The van der Waals surface area contributed by atoms with Crippen LogP contribution < -0.4 is 0 Å². The van der Waals surface area contributed by atoms with Crippen LogP contribution in [0.5, 0.6) is 0 Å². The van der Waals surface area contributed by atoms with Gasteiger partial charge in [-0.05, 0) is 36.8 Å². The summed E-state index contributed by atoms with van der Waals surface area (Å²) in [4.78, 5) is 4.26. The summed E-state index contributed by atoms with van der Waals surface area (Å²) >= 11 is 0. The first-order valence-electron chi connectivity index (χ1n) is 5.82. The molecule has 90 valence electrons. The monoisotopic (exact) mass is 239 g/mol. The second-order valence-electron chi connectivity index (χ2n) is 4.35. The van der Waals surface area contributed by atoms with Crippen LogP contribution in [0.4, 0.5) is 0 Å². The highest BCUT2D eigenvalue weighted by Crippen LogP contribution is 2.25. The summed E-state index contributed by atoms with van der Waals surface area (Å²) in [6.45, 7) is 1.86. The highest BCUT2D eigenvalue weighted by Gasteiger charge is 2.13. The van der Waals surface area contributed by atoms with E-state index in [4.69, 9.17) is 4.42 Å². The number of benzene rings is 1. The molecule has 0 aliphatic carbocycles. The molecule has 3 rings (SSSR count). The Morgan fingerprint density at radius 3 is 2.83 bits per heavy atom. The number of rotatable bonds is 2. The number of aryl methyl sites for hydroxylation is 1. The van der Waals surface area contributed by atoms with Crippen molar-refractivity contribution in [2.24, 2.45) is 0 Å². The van der Waals surface area contributed by atoms with Crippen LogP contribution in [0, 0.1) is 6.92 Å². The lowest BCUT2D eigenvalue weighted by Crippen LogP contribution is -1.97. The summed E-state index contributed by atoms with van der Waals surface area (Å²) in [5, 5.41) is 11.3. The van der Waals surface area contributed by atoms with E-state index in [9.17, 15) is 5.11 Å². The van der Waals surface area contributed by atoms with Gasteiger partial charge in [-0.2, -0.15) is 0 Å². The van der Waals surface area contributed by atoms with Gasteiger partial charge < -0.3 is 9.52 Å². The van der Waals surface area contributed by atoms with Crippen molar-refractivity contribution in [3.05, 3.63) is 65.7 Å². The van der Waals surface area contributed by atoms with Crippen molar-refractivity contribution in [2.75, 3.05) is 0 Å². The number of hydrogen-bond donors (Lipinski definition) is 1. The number of nitrogens with zero attached hydrogens (tertiary/aromatic N) is 1. The summed E-state index contributed by atoms with van der Waals surface area (Å²) in [7, 11) is 0. The van der Waals surface area contributed by atoms with Crippen LogP contribution in [0.1, 0.15) is 23.0 Å². The van der Waals surface area contributed by atoms with Crippen LogP contribution in [0.3, 0.4) is 0 Å². The molecule has 2 aromatic heterocycles. The van der Waals surface area contributed by atoms with E-state index in [1.54, 1.807) is 12.5 Å². The molecule has 3 aromatic rings. The minimum atomic E-state index is -0.660.